The maximum atomic E-state index is 12.1. The molecule has 3 aliphatic heterocycles. The monoisotopic (exact) mass is 324 g/mol. The van der Waals surface area contributed by atoms with Crippen molar-refractivity contribution in [2.75, 3.05) is 39.4 Å². The normalized spacial score (nSPS) is 28.5. The Morgan fingerprint density at radius 1 is 1.04 bits per heavy atom. The van der Waals surface area contributed by atoms with Gasteiger partial charge < -0.3 is 14.4 Å². The predicted molar refractivity (Wildman–Crippen MR) is 89.4 cm³/mol. The van der Waals surface area contributed by atoms with Gasteiger partial charge in [-0.3, -0.25) is 4.90 Å². The Labute approximate surface area is 140 Å². The Morgan fingerprint density at radius 3 is 2.39 bits per heavy atom. The van der Waals surface area contributed by atoms with Gasteiger partial charge in [0.1, 0.15) is 5.60 Å². The molecule has 3 rings (SSSR count). The molecule has 5 nitrogen and oxygen atoms in total. The van der Waals surface area contributed by atoms with Crippen LogP contribution in [0.15, 0.2) is 0 Å². The fourth-order valence-corrected chi connectivity index (χ4v) is 4.09. The van der Waals surface area contributed by atoms with E-state index in [0.29, 0.717) is 12.0 Å². The zero-order valence-electron chi connectivity index (χ0n) is 14.9. The van der Waals surface area contributed by atoms with Gasteiger partial charge in [0, 0.05) is 38.9 Å². The molecule has 0 bridgehead atoms. The van der Waals surface area contributed by atoms with Crippen LogP contribution in [0.5, 0.6) is 0 Å². The summed E-state index contributed by atoms with van der Waals surface area (Å²) in [4.78, 5) is 16.6. The number of carbonyl (C=O) groups excluding carboxylic acids is 1. The van der Waals surface area contributed by atoms with Gasteiger partial charge in [0.05, 0.1) is 0 Å². The number of carbonyl (C=O) groups is 1. The maximum Gasteiger partial charge on any atom is 0.410 e. The number of nitrogens with zero attached hydrogens (tertiary/aromatic N) is 2. The van der Waals surface area contributed by atoms with Gasteiger partial charge in [-0.25, -0.2) is 4.79 Å². The van der Waals surface area contributed by atoms with Gasteiger partial charge in [-0.05, 0) is 64.8 Å². The molecule has 0 N–H and O–H groups in total. The van der Waals surface area contributed by atoms with Crippen molar-refractivity contribution in [1.82, 2.24) is 9.80 Å². The summed E-state index contributed by atoms with van der Waals surface area (Å²) in [6, 6.07) is 0.716. The number of ether oxygens (including phenoxy) is 2. The minimum Gasteiger partial charge on any atom is -0.444 e. The molecule has 0 aromatic carbocycles. The Hall–Kier alpha value is -0.810. The van der Waals surface area contributed by atoms with Gasteiger partial charge in [-0.1, -0.05) is 0 Å². The second kappa shape index (κ2) is 6.98. The number of likely N-dealkylation sites (tertiary alicyclic amines) is 2. The summed E-state index contributed by atoms with van der Waals surface area (Å²) in [5.41, 5.74) is -0.396. The summed E-state index contributed by atoms with van der Waals surface area (Å²) in [6.45, 7) is 11.8. The highest BCUT2D eigenvalue weighted by Gasteiger charge is 2.40. The topological polar surface area (TPSA) is 42.0 Å². The third-order valence-electron chi connectivity index (χ3n) is 5.42. The van der Waals surface area contributed by atoms with Gasteiger partial charge >= 0.3 is 6.09 Å². The summed E-state index contributed by atoms with van der Waals surface area (Å²) in [5.74, 6) is 1.40. The molecule has 0 aliphatic carbocycles. The van der Waals surface area contributed by atoms with E-state index in [1.807, 2.05) is 25.7 Å². The predicted octanol–water partition coefficient (Wildman–Crippen LogP) is 2.74. The molecule has 23 heavy (non-hydrogen) atoms. The lowest BCUT2D eigenvalue weighted by Crippen LogP contribution is -2.57. The summed E-state index contributed by atoms with van der Waals surface area (Å²) < 4.78 is 10.9. The first-order valence-electron chi connectivity index (χ1n) is 9.22. The van der Waals surface area contributed by atoms with Crippen LogP contribution in [0.4, 0.5) is 4.79 Å². The van der Waals surface area contributed by atoms with Crippen LogP contribution in [-0.2, 0) is 9.47 Å². The molecule has 3 saturated heterocycles. The standard InChI is InChI=1S/C18H32N2O3/c1-18(2,3)23-17(21)20-12-15(13-20)14-5-4-8-19(11-14)16-6-9-22-10-7-16/h14-16H,4-13H2,1-3H3. The van der Waals surface area contributed by atoms with Gasteiger partial charge in [0.2, 0.25) is 0 Å². The number of piperidine rings is 1. The van der Waals surface area contributed by atoms with Crippen molar-refractivity contribution in [1.29, 1.82) is 0 Å². The van der Waals surface area contributed by atoms with Crippen LogP contribution in [0.3, 0.4) is 0 Å². The van der Waals surface area contributed by atoms with Crippen LogP contribution in [0, 0.1) is 11.8 Å². The summed E-state index contributed by atoms with van der Waals surface area (Å²) >= 11 is 0. The quantitative estimate of drug-likeness (QED) is 0.783. The average Bonchev–Trinajstić information content (AvgIpc) is 2.45. The Morgan fingerprint density at radius 2 is 1.74 bits per heavy atom. The molecule has 1 atom stereocenters. The minimum atomic E-state index is -0.396. The molecule has 1 amide bonds. The lowest BCUT2D eigenvalue weighted by atomic mass is 9.80. The molecule has 3 heterocycles. The summed E-state index contributed by atoms with van der Waals surface area (Å²) in [5, 5.41) is 0. The van der Waals surface area contributed by atoms with Gasteiger partial charge in [0.15, 0.2) is 0 Å². The highest BCUT2D eigenvalue weighted by atomic mass is 16.6. The molecule has 5 heteroatoms. The van der Waals surface area contributed by atoms with E-state index in [9.17, 15) is 4.79 Å². The zero-order valence-corrected chi connectivity index (χ0v) is 14.9. The van der Waals surface area contributed by atoms with Gasteiger partial charge in [0.25, 0.3) is 0 Å². The smallest absolute Gasteiger partial charge is 0.410 e. The third-order valence-corrected chi connectivity index (χ3v) is 5.42. The van der Waals surface area contributed by atoms with Crippen molar-refractivity contribution in [2.45, 2.75) is 58.1 Å². The van der Waals surface area contributed by atoms with Crippen LogP contribution in [0.25, 0.3) is 0 Å². The lowest BCUT2D eigenvalue weighted by Gasteiger charge is -2.48. The van der Waals surface area contributed by atoms with E-state index in [4.69, 9.17) is 9.47 Å². The van der Waals surface area contributed by atoms with Crippen molar-refractivity contribution in [3.05, 3.63) is 0 Å². The number of hydrogen-bond donors (Lipinski definition) is 0. The Bertz CT molecular complexity index is 409. The largest absolute Gasteiger partial charge is 0.444 e. The van der Waals surface area contributed by atoms with Crippen LogP contribution < -0.4 is 0 Å². The first-order chi connectivity index (χ1) is 10.9. The fraction of sp³-hybridized carbons (Fsp3) is 0.944. The second-order valence-electron chi connectivity index (χ2n) is 8.39. The number of hydrogen-bond acceptors (Lipinski definition) is 4. The second-order valence-corrected chi connectivity index (χ2v) is 8.39. The first kappa shape index (κ1) is 17.0. The molecule has 132 valence electrons. The first-order valence-corrected chi connectivity index (χ1v) is 9.22. The van der Waals surface area contributed by atoms with Crippen LogP contribution in [0.2, 0.25) is 0 Å². The number of rotatable bonds is 2. The third kappa shape index (κ3) is 4.38. The molecule has 3 fully saturated rings. The molecule has 0 aromatic heterocycles. The Kier molecular flexibility index (Phi) is 5.16. The van der Waals surface area contributed by atoms with E-state index in [1.54, 1.807) is 0 Å². The van der Waals surface area contributed by atoms with Crippen molar-refractivity contribution in [2.24, 2.45) is 11.8 Å². The van der Waals surface area contributed by atoms with Crippen LogP contribution in [-0.4, -0.2) is 66.9 Å². The Balaban J connectivity index is 1.45. The highest BCUT2D eigenvalue weighted by Crippen LogP contribution is 2.33. The van der Waals surface area contributed by atoms with Crippen molar-refractivity contribution in [3.63, 3.8) is 0 Å². The van der Waals surface area contributed by atoms with E-state index in [1.165, 1.54) is 38.8 Å². The van der Waals surface area contributed by atoms with E-state index in [2.05, 4.69) is 4.90 Å². The van der Waals surface area contributed by atoms with E-state index >= 15 is 0 Å². The van der Waals surface area contributed by atoms with E-state index < -0.39 is 5.60 Å². The highest BCUT2D eigenvalue weighted by molar-refractivity contribution is 5.69. The van der Waals surface area contributed by atoms with E-state index in [0.717, 1.165) is 32.2 Å². The van der Waals surface area contributed by atoms with Crippen molar-refractivity contribution >= 4 is 6.09 Å². The summed E-state index contributed by atoms with van der Waals surface area (Å²) in [6.07, 6.45) is 4.83. The van der Waals surface area contributed by atoms with E-state index in [-0.39, 0.29) is 6.09 Å². The molecular weight excluding hydrogens is 292 g/mol. The molecule has 0 saturated carbocycles. The van der Waals surface area contributed by atoms with Gasteiger partial charge in [-0.2, -0.15) is 0 Å². The molecule has 0 radical (unpaired) electrons. The average molecular weight is 324 g/mol. The number of amides is 1. The molecular formula is C18H32N2O3. The fourth-order valence-electron chi connectivity index (χ4n) is 4.09. The lowest BCUT2D eigenvalue weighted by molar-refractivity contribution is -0.0309. The van der Waals surface area contributed by atoms with Crippen molar-refractivity contribution in [3.8, 4) is 0 Å². The zero-order chi connectivity index (χ0) is 16.4. The van der Waals surface area contributed by atoms with Crippen LogP contribution >= 0.6 is 0 Å². The SMILES string of the molecule is CC(C)(C)OC(=O)N1CC(C2CCCN(C3CCOCC3)C2)C1. The molecule has 1 unspecified atom stereocenters. The van der Waals surface area contributed by atoms with Crippen LogP contribution in [0.1, 0.15) is 46.5 Å². The minimum absolute atomic E-state index is 0.147. The molecule has 0 spiro atoms. The van der Waals surface area contributed by atoms with Crippen molar-refractivity contribution < 1.29 is 14.3 Å². The van der Waals surface area contributed by atoms with Gasteiger partial charge in [-0.15, -0.1) is 0 Å². The maximum absolute atomic E-state index is 12.1. The molecule has 0 aromatic rings. The molecule has 3 aliphatic rings. The summed E-state index contributed by atoms with van der Waals surface area (Å²) in [7, 11) is 0.